The first-order chi connectivity index (χ1) is 10.6. The van der Waals surface area contributed by atoms with Gasteiger partial charge in [0.2, 0.25) is 0 Å². The number of benzene rings is 1. The van der Waals surface area contributed by atoms with Crippen LogP contribution in [0.3, 0.4) is 0 Å². The Labute approximate surface area is 138 Å². The first-order valence-electron chi connectivity index (χ1n) is 7.29. The standard InChI is InChI=1S/C18H17BrN2O/c1-3-18(22)21(17-9-4-12(2)11-20-17)16-8-7-14(19)10-15(16)13-5-6-13/h3-4,7-11,13H,1,5-6H2,2H3. The summed E-state index contributed by atoms with van der Waals surface area (Å²) >= 11 is 3.52. The third-order valence-corrected chi connectivity index (χ3v) is 4.26. The van der Waals surface area contributed by atoms with Gasteiger partial charge in [-0.2, -0.15) is 0 Å². The van der Waals surface area contributed by atoms with Gasteiger partial charge in [-0.3, -0.25) is 9.69 Å². The number of carbonyl (C=O) groups excluding carboxylic acids is 1. The third kappa shape index (κ3) is 2.97. The molecular weight excluding hydrogens is 340 g/mol. The van der Waals surface area contributed by atoms with Crippen LogP contribution in [0.15, 0.2) is 53.7 Å². The summed E-state index contributed by atoms with van der Waals surface area (Å²) in [5.41, 5.74) is 3.15. The van der Waals surface area contributed by atoms with E-state index in [1.54, 1.807) is 11.1 Å². The zero-order valence-electron chi connectivity index (χ0n) is 12.4. The number of hydrogen-bond donors (Lipinski definition) is 0. The molecule has 112 valence electrons. The number of aromatic nitrogens is 1. The van der Waals surface area contributed by atoms with Crippen molar-refractivity contribution in [3.05, 3.63) is 64.8 Å². The van der Waals surface area contributed by atoms with Crippen molar-refractivity contribution in [3.63, 3.8) is 0 Å². The summed E-state index contributed by atoms with van der Waals surface area (Å²) in [6, 6.07) is 9.86. The van der Waals surface area contributed by atoms with Gasteiger partial charge in [0.1, 0.15) is 5.82 Å². The lowest BCUT2D eigenvalue weighted by Crippen LogP contribution is -2.25. The summed E-state index contributed by atoms with van der Waals surface area (Å²) in [6.07, 6.45) is 5.44. The normalized spacial score (nSPS) is 13.7. The Hall–Kier alpha value is -1.94. The topological polar surface area (TPSA) is 33.2 Å². The Morgan fingerprint density at radius 2 is 2.14 bits per heavy atom. The van der Waals surface area contributed by atoms with Gasteiger partial charge in [-0.05, 0) is 67.2 Å². The van der Waals surface area contributed by atoms with E-state index < -0.39 is 0 Å². The molecule has 1 aliphatic carbocycles. The smallest absolute Gasteiger partial charge is 0.256 e. The Morgan fingerprint density at radius 1 is 1.36 bits per heavy atom. The van der Waals surface area contributed by atoms with Gasteiger partial charge in [0.25, 0.3) is 5.91 Å². The maximum absolute atomic E-state index is 12.4. The van der Waals surface area contributed by atoms with E-state index in [0.29, 0.717) is 11.7 Å². The highest BCUT2D eigenvalue weighted by molar-refractivity contribution is 9.10. The van der Waals surface area contributed by atoms with Crippen molar-refractivity contribution in [1.29, 1.82) is 0 Å². The van der Waals surface area contributed by atoms with Gasteiger partial charge in [-0.25, -0.2) is 4.98 Å². The zero-order valence-corrected chi connectivity index (χ0v) is 14.0. The number of aryl methyl sites for hydroxylation is 1. The van der Waals surface area contributed by atoms with Crippen molar-refractivity contribution in [2.45, 2.75) is 25.7 Å². The second-order valence-electron chi connectivity index (χ2n) is 5.55. The van der Waals surface area contributed by atoms with Crippen molar-refractivity contribution < 1.29 is 4.79 Å². The second kappa shape index (κ2) is 6.05. The van der Waals surface area contributed by atoms with E-state index in [1.165, 1.54) is 24.5 Å². The van der Waals surface area contributed by atoms with Crippen LogP contribution in [0, 0.1) is 6.92 Å². The fraction of sp³-hybridized carbons (Fsp3) is 0.222. The molecular formula is C18H17BrN2O. The number of anilines is 2. The third-order valence-electron chi connectivity index (χ3n) is 3.77. The van der Waals surface area contributed by atoms with Gasteiger partial charge >= 0.3 is 0 Å². The number of carbonyl (C=O) groups is 1. The van der Waals surface area contributed by atoms with Gasteiger partial charge in [0, 0.05) is 10.7 Å². The van der Waals surface area contributed by atoms with E-state index in [-0.39, 0.29) is 5.91 Å². The molecule has 2 aromatic rings. The number of halogens is 1. The minimum Gasteiger partial charge on any atom is -0.269 e. The molecule has 0 radical (unpaired) electrons. The Bertz CT molecular complexity index is 720. The number of rotatable bonds is 4. The van der Waals surface area contributed by atoms with Crippen molar-refractivity contribution in [2.24, 2.45) is 0 Å². The number of hydrogen-bond acceptors (Lipinski definition) is 2. The van der Waals surface area contributed by atoms with Gasteiger partial charge in [-0.1, -0.05) is 28.6 Å². The summed E-state index contributed by atoms with van der Waals surface area (Å²) in [6.45, 7) is 5.61. The van der Waals surface area contributed by atoms with E-state index in [2.05, 4.69) is 33.6 Å². The molecule has 1 saturated carbocycles. The van der Waals surface area contributed by atoms with Gasteiger partial charge in [0.15, 0.2) is 0 Å². The second-order valence-corrected chi connectivity index (χ2v) is 6.46. The molecule has 1 aliphatic rings. The first kappa shape index (κ1) is 15.0. The highest BCUT2D eigenvalue weighted by atomic mass is 79.9. The van der Waals surface area contributed by atoms with E-state index in [0.717, 1.165) is 15.7 Å². The number of pyridine rings is 1. The highest BCUT2D eigenvalue weighted by Crippen LogP contribution is 2.46. The van der Waals surface area contributed by atoms with Crippen LogP contribution in [0.1, 0.15) is 29.9 Å². The average molecular weight is 357 g/mol. The minimum absolute atomic E-state index is 0.166. The van der Waals surface area contributed by atoms with E-state index in [4.69, 9.17) is 0 Å². The SMILES string of the molecule is C=CC(=O)N(c1ccc(C)cn1)c1ccc(Br)cc1C1CC1. The molecule has 0 unspecified atom stereocenters. The maximum Gasteiger partial charge on any atom is 0.256 e. The lowest BCUT2D eigenvalue weighted by Gasteiger charge is -2.23. The molecule has 0 aliphatic heterocycles. The Morgan fingerprint density at radius 3 is 2.73 bits per heavy atom. The van der Waals surface area contributed by atoms with Crippen LogP contribution in [0.5, 0.6) is 0 Å². The zero-order chi connectivity index (χ0) is 15.7. The van der Waals surface area contributed by atoms with Gasteiger partial charge in [-0.15, -0.1) is 0 Å². The molecule has 4 heteroatoms. The summed E-state index contributed by atoms with van der Waals surface area (Å²) in [5.74, 6) is 0.985. The molecule has 1 aromatic carbocycles. The summed E-state index contributed by atoms with van der Waals surface area (Å²) in [4.78, 5) is 18.5. The molecule has 0 N–H and O–H groups in total. The highest BCUT2D eigenvalue weighted by Gasteiger charge is 2.30. The predicted octanol–water partition coefficient (Wildman–Crippen LogP) is 4.88. The van der Waals surface area contributed by atoms with Crippen LogP contribution in [0.2, 0.25) is 0 Å². The van der Waals surface area contributed by atoms with Gasteiger partial charge in [0.05, 0.1) is 5.69 Å². The molecule has 1 fully saturated rings. The largest absolute Gasteiger partial charge is 0.269 e. The monoisotopic (exact) mass is 356 g/mol. The van der Waals surface area contributed by atoms with Gasteiger partial charge < -0.3 is 0 Å². The number of nitrogens with zero attached hydrogens (tertiary/aromatic N) is 2. The van der Waals surface area contributed by atoms with Crippen molar-refractivity contribution in [1.82, 2.24) is 4.98 Å². The lowest BCUT2D eigenvalue weighted by atomic mass is 10.1. The molecule has 0 atom stereocenters. The first-order valence-corrected chi connectivity index (χ1v) is 8.08. The molecule has 0 saturated heterocycles. The quantitative estimate of drug-likeness (QED) is 0.731. The maximum atomic E-state index is 12.4. The molecule has 22 heavy (non-hydrogen) atoms. The van der Waals surface area contributed by atoms with Crippen LogP contribution in [0.25, 0.3) is 0 Å². The predicted molar refractivity (Wildman–Crippen MR) is 92.4 cm³/mol. The molecule has 1 heterocycles. The summed E-state index contributed by atoms with van der Waals surface area (Å²) in [5, 5.41) is 0. The molecule has 3 nitrogen and oxygen atoms in total. The van der Waals surface area contributed by atoms with Crippen molar-refractivity contribution in [3.8, 4) is 0 Å². The minimum atomic E-state index is -0.166. The Balaban J connectivity index is 2.12. The van der Waals surface area contributed by atoms with Crippen LogP contribution in [-0.4, -0.2) is 10.9 Å². The van der Waals surface area contributed by atoms with Crippen molar-refractivity contribution >= 4 is 33.3 Å². The van der Waals surface area contributed by atoms with E-state index >= 15 is 0 Å². The van der Waals surface area contributed by atoms with Crippen LogP contribution >= 0.6 is 15.9 Å². The van der Waals surface area contributed by atoms with Crippen molar-refractivity contribution in [2.75, 3.05) is 4.90 Å². The fourth-order valence-corrected chi connectivity index (χ4v) is 2.87. The van der Waals surface area contributed by atoms with E-state index in [1.807, 2.05) is 31.2 Å². The summed E-state index contributed by atoms with van der Waals surface area (Å²) < 4.78 is 1.03. The number of amides is 1. The fourth-order valence-electron chi connectivity index (χ4n) is 2.49. The van der Waals surface area contributed by atoms with E-state index in [9.17, 15) is 4.79 Å². The average Bonchev–Trinajstić information content (AvgIpc) is 3.35. The van der Waals surface area contributed by atoms with Crippen LogP contribution < -0.4 is 4.90 Å². The molecule has 1 aromatic heterocycles. The molecule has 1 amide bonds. The summed E-state index contributed by atoms with van der Waals surface area (Å²) in [7, 11) is 0. The lowest BCUT2D eigenvalue weighted by molar-refractivity contribution is -0.113. The Kier molecular flexibility index (Phi) is 4.12. The van der Waals surface area contributed by atoms with Crippen LogP contribution in [0.4, 0.5) is 11.5 Å². The molecule has 0 bridgehead atoms. The molecule has 0 spiro atoms. The van der Waals surface area contributed by atoms with Crippen LogP contribution in [-0.2, 0) is 4.79 Å². The molecule has 3 rings (SSSR count).